The first kappa shape index (κ1) is 12.3. The maximum absolute atomic E-state index is 5.24. The smallest absolute Gasteiger partial charge is 0.240 e. The Balaban J connectivity index is 1.54. The van der Waals surface area contributed by atoms with Crippen LogP contribution in [0.25, 0.3) is 0 Å². The molecule has 2 aromatic heterocycles. The van der Waals surface area contributed by atoms with Crippen LogP contribution in [-0.2, 0) is 6.54 Å². The Hall–Kier alpha value is -1.76. The van der Waals surface area contributed by atoms with E-state index in [0.29, 0.717) is 23.5 Å². The molecule has 1 saturated heterocycles. The van der Waals surface area contributed by atoms with Gasteiger partial charge in [0.05, 0.1) is 6.54 Å². The zero-order chi connectivity index (χ0) is 13.2. The van der Waals surface area contributed by atoms with Crippen molar-refractivity contribution >= 4 is 0 Å². The Kier molecular flexibility index (Phi) is 3.29. The van der Waals surface area contributed by atoms with Crippen LogP contribution >= 0.6 is 0 Å². The Morgan fingerprint density at radius 1 is 1.05 bits per heavy atom. The van der Waals surface area contributed by atoms with Gasteiger partial charge in [0.25, 0.3) is 0 Å². The molecule has 7 nitrogen and oxygen atoms in total. The highest BCUT2D eigenvalue weighted by atomic mass is 16.5. The van der Waals surface area contributed by atoms with Crippen molar-refractivity contribution in [2.45, 2.75) is 39.2 Å². The van der Waals surface area contributed by atoms with E-state index in [-0.39, 0.29) is 0 Å². The molecule has 0 aliphatic carbocycles. The fourth-order valence-electron chi connectivity index (χ4n) is 2.41. The molecule has 0 N–H and O–H groups in total. The van der Waals surface area contributed by atoms with E-state index in [0.717, 1.165) is 38.4 Å². The Labute approximate surface area is 111 Å². The van der Waals surface area contributed by atoms with Gasteiger partial charge in [-0.3, -0.25) is 4.90 Å². The highest BCUT2D eigenvalue weighted by Gasteiger charge is 2.25. The van der Waals surface area contributed by atoms with E-state index in [1.807, 2.05) is 13.8 Å². The molecule has 0 unspecified atom stereocenters. The van der Waals surface area contributed by atoms with E-state index in [9.17, 15) is 0 Å². The number of aromatic nitrogens is 4. The van der Waals surface area contributed by atoms with E-state index in [1.54, 1.807) is 0 Å². The summed E-state index contributed by atoms with van der Waals surface area (Å²) in [6.07, 6.45) is 2.05. The van der Waals surface area contributed by atoms with Crippen LogP contribution in [-0.4, -0.2) is 38.3 Å². The molecule has 0 atom stereocenters. The molecular weight excluding hydrogens is 246 g/mol. The number of aryl methyl sites for hydroxylation is 2. The van der Waals surface area contributed by atoms with Crippen LogP contribution in [0.15, 0.2) is 9.05 Å². The maximum Gasteiger partial charge on any atom is 0.240 e. The second-order valence-corrected chi connectivity index (χ2v) is 4.97. The lowest BCUT2D eigenvalue weighted by Crippen LogP contribution is -2.32. The molecule has 102 valence electrons. The van der Waals surface area contributed by atoms with Gasteiger partial charge in [0, 0.05) is 5.92 Å². The number of piperidine rings is 1. The lowest BCUT2D eigenvalue weighted by molar-refractivity contribution is 0.168. The molecule has 3 heterocycles. The summed E-state index contributed by atoms with van der Waals surface area (Å²) in [6, 6.07) is 0. The maximum atomic E-state index is 5.24. The van der Waals surface area contributed by atoms with Crippen LogP contribution in [0.3, 0.4) is 0 Å². The minimum atomic E-state index is 0.377. The Morgan fingerprint density at radius 3 is 2.32 bits per heavy atom. The molecule has 1 aliphatic rings. The highest BCUT2D eigenvalue weighted by Crippen LogP contribution is 2.27. The van der Waals surface area contributed by atoms with Crippen molar-refractivity contribution in [2.75, 3.05) is 13.1 Å². The summed E-state index contributed by atoms with van der Waals surface area (Å²) in [5.41, 5.74) is 0. The van der Waals surface area contributed by atoms with E-state index in [4.69, 9.17) is 9.05 Å². The minimum absolute atomic E-state index is 0.377. The minimum Gasteiger partial charge on any atom is -0.339 e. The summed E-state index contributed by atoms with van der Waals surface area (Å²) < 4.78 is 10.4. The summed E-state index contributed by atoms with van der Waals surface area (Å²) in [5, 5.41) is 7.65. The molecule has 0 amide bonds. The fraction of sp³-hybridized carbons (Fsp3) is 0.667. The number of hydrogen-bond acceptors (Lipinski definition) is 7. The van der Waals surface area contributed by atoms with Gasteiger partial charge < -0.3 is 9.05 Å². The van der Waals surface area contributed by atoms with Gasteiger partial charge in [-0.1, -0.05) is 10.3 Å². The van der Waals surface area contributed by atoms with Crippen LogP contribution < -0.4 is 0 Å². The van der Waals surface area contributed by atoms with Crippen LogP contribution in [0.1, 0.15) is 42.2 Å². The number of rotatable bonds is 3. The zero-order valence-corrected chi connectivity index (χ0v) is 11.2. The van der Waals surface area contributed by atoms with Crippen LogP contribution in [0.5, 0.6) is 0 Å². The molecule has 1 fully saturated rings. The zero-order valence-electron chi connectivity index (χ0n) is 11.2. The molecule has 1 aliphatic heterocycles. The third-order valence-electron chi connectivity index (χ3n) is 3.41. The summed E-state index contributed by atoms with van der Waals surface area (Å²) in [6.45, 7) is 6.36. The van der Waals surface area contributed by atoms with Gasteiger partial charge in [0.1, 0.15) is 0 Å². The average molecular weight is 263 g/mol. The quantitative estimate of drug-likeness (QED) is 0.828. The van der Waals surface area contributed by atoms with Gasteiger partial charge in [-0.05, 0) is 39.8 Å². The second kappa shape index (κ2) is 5.08. The first-order chi connectivity index (χ1) is 9.20. The first-order valence-electron chi connectivity index (χ1n) is 6.52. The number of likely N-dealkylation sites (tertiary alicyclic amines) is 1. The summed E-state index contributed by atoms with van der Waals surface area (Å²) in [7, 11) is 0. The van der Waals surface area contributed by atoms with Gasteiger partial charge >= 0.3 is 0 Å². The molecular formula is C12H17N5O2. The van der Waals surface area contributed by atoms with Gasteiger partial charge in [-0.25, -0.2) is 0 Å². The first-order valence-corrected chi connectivity index (χ1v) is 6.52. The van der Waals surface area contributed by atoms with Crippen LogP contribution in [0.2, 0.25) is 0 Å². The monoisotopic (exact) mass is 263 g/mol. The molecule has 2 aromatic rings. The molecule has 0 aromatic carbocycles. The fourth-order valence-corrected chi connectivity index (χ4v) is 2.41. The third-order valence-corrected chi connectivity index (χ3v) is 3.41. The standard InChI is InChI=1S/C12H17N5O2/c1-8-13-11(18-15-8)7-17-5-3-10(4-6-17)12-14-9(2)16-19-12/h10H,3-7H2,1-2H3. The molecule has 0 radical (unpaired) electrons. The largest absolute Gasteiger partial charge is 0.339 e. The number of hydrogen-bond donors (Lipinski definition) is 0. The van der Waals surface area contributed by atoms with E-state index in [1.165, 1.54) is 0 Å². The Morgan fingerprint density at radius 2 is 1.74 bits per heavy atom. The molecule has 7 heteroatoms. The van der Waals surface area contributed by atoms with Gasteiger partial charge in [-0.2, -0.15) is 9.97 Å². The van der Waals surface area contributed by atoms with Crippen molar-refractivity contribution in [1.82, 2.24) is 25.2 Å². The van der Waals surface area contributed by atoms with Crippen LogP contribution in [0.4, 0.5) is 0 Å². The summed E-state index contributed by atoms with van der Waals surface area (Å²) >= 11 is 0. The predicted octanol–water partition coefficient (Wildman–Crippen LogP) is 1.45. The van der Waals surface area contributed by atoms with Gasteiger partial charge in [0.15, 0.2) is 11.6 Å². The summed E-state index contributed by atoms with van der Waals surface area (Å²) in [4.78, 5) is 10.8. The second-order valence-electron chi connectivity index (χ2n) is 4.97. The molecule has 0 bridgehead atoms. The van der Waals surface area contributed by atoms with Crippen LogP contribution in [0, 0.1) is 13.8 Å². The normalized spacial score (nSPS) is 18.0. The van der Waals surface area contributed by atoms with E-state index >= 15 is 0 Å². The van der Waals surface area contributed by atoms with Gasteiger partial charge in [0.2, 0.25) is 11.8 Å². The van der Waals surface area contributed by atoms with Gasteiger partial charge in [-0.15, -0.1) is 0 Å². The molecule has 0 saturated carbocycles. The molecule has 3 rings (SSSR count). The van der Waals surface area contributed by atoms with E-state index < -0.39 is 0 Å². The van der Waals surface area contributed by atoms with E-state index in [2.05, 4.69) is 25.2 Å². The van der Waals surface area contributed by atoms with Crippen molar-refractivity contribution in [3.63, 3.8) is 0 Å². The number of nitrogens with zero attached hydrogens (tertiary/aromatic N) is 5. The van der Waals surface area contributed by atoms with Crippen molar-refractivity contribution in [1.29, 1.82) is 0 Å². The van der Waals surface area contributed by atoms with Crippen molar-refractivity contribution in [3.8, 4) is 0 Å². The topological polar surface area (TPSA) is 81.1 Å². The summed E-state index contributed by atoms with van der Waals surface area (Å²) in [5.74, 6) is 3.22. The third kappa shape index (κ3) is 2.81. The lowest BCUT2D eigenvalue weighted by Gasteiger charge is -2.28. The predicted molar refractivity (Wildman–Crippen MR) is 65.3 cm³/mol. The highest BCUT2D eigenvalue weighted by molar-refractivity contribution is 4.96. The Bertz CT molecular complexity index is 542. The molecule has 0 spiro atoms. The van der Waals surface area contributed by atoms with Crippen molar-refractivity contribution in [2.24, 2.45) is 0 Å². The average Bonchev–Trinajstić information content (AvgIpc) is 3.00. The SMILES string of the molecule is Cc1noc(CN2CCC(c3nc(C)no3)CC2)n1. The lowest BCUT2D eigenvalue weighted by atomic mass is 9.97. The van der Waals surface area contributed by atoms with Crippen molar-refractivity contribution in [3.05, 3.63) is 23.4 Å². The molecule has 19 heavy (non-hydrogen) atoms. The van der Waals surface area contributed by atoms with Crippen molar-refractivity contribution < 1.29 is 9.05 Å².